The highest BCUT2D eigenvalue weighted by Crippen LogP contribution is 2.42. The van der Waals surface area contributed by atoms with Gasteiger partial charge in [-0.25, -0.2) is 0 Å². The Kier molecular flexibility index (Phi) is 5.68. The lowest BCUT2D eigenvalue weighted by Crippen LogP contribution is -2.55. The first-order valence-electron chi connectivity index (χ1n) is 9.68. The van der Waals surface area contributed by atoms with Crippen molar-refractivity contribution in [3.8, 4) is 5.75 Å². The number of aromatic hydroxyl groups is 1. The van der Waals surface area contributed by atoms with Gasteiger partial charge in [0.2, 0.25) is 0 Å². The quantitative estimate of drug-likeness (QED) is 0.447. The summed E-state index contributed by atoms with van der Waals surface area (Å²) < 4.78 is 5.56. The Morgan fingerprint density at radius 3 is 2.30 bits per heavy atom. The highest BCUT2D eigenvalue weighted by atomic mass is 35.5. The van der Waals surface area contributed by atoms with Crippen LogP contribution >= 0.6 is 11.6 Å². The Labute approximate surface area is 181 Å². The molecule has 30 heavy (non-hydrogen) atoms. The summed E-state index contributed by atoms with van der Waals surface area (Å²) in [6, 6.07) is 8.38. The van der Waals surface area contributed by atoms with Crippen molar-refractivity contribution in [2.45, 2.75) is 48.6 Å². The van der Waals surface area contributed by atoms with E-state index < -0.39 is 42.3 Å². The van der Waals surface area contributed by atoms with Gasteiger partial charge in [-0.3, -0.25) is 0 Å². The number of rotatable bonds is 4. The van der Waals surface area contributed by atoms with Crippen LogP contribution in [0.3, 0.4) is 0 Å². The maximum Gasteiger partial charge on any atom is 0.122 e. The second kappa shape index (κ2) is 7.86. The van der Waals surface area contributed by atoms with E-state index in [2.05, 4.69) is 0 Å². The smallest absolute Gasteiger partial charge is 0.122 e. The predicted octanol–water partition coefficient (Wildman–Crippen LogP) is 0.197. The average molecular weight is 426 g/mol. The minimum absolute atomic E-state index is 0.0792. The Morgan fingerprint density at radius 2 is 1.70 bits per heavy atom. The van der Waals surface area contributed by atoms with Gasteiger partial charge in [0.05, 0.1) is 22.3 Å². The van der Waals surface area contributed by atoms with Crippen LogP contribution in [-0.4, -0.2) is 72.2 Å². The monoisotopic (exact) mass is 426 g/mol. The number of aryl methyl sites for hydroxylation is 2. The molecule has 0 spiro atoms. The normalized spacial score (nSPS) is 28.6. The van der Waals surface area contributed by atoms with Crippen molar-refractivity contribution in [2.24, 2.45) is 0 Å². The molecule has 1 aliphatic heterocycles. The van der Waals surface area contributed by atoms with Gasteiger partial charge in [0.25, 0.3) is 0 Å². The summed E-state index contributed by atoms with van der Waals surface area (Å²) in [6.07, 6.45) is -5.08. The number of hydrogen-bond acceptors (Lipinski definition) is 6. The second-order valence-corrected chi connectivity index (χ2v) is 8.40. The number of fused-ring (bicyclic) bond motifs is 1. The molecule has 0 aromatic heterocycles. The molecule has 4 radical (unpaired) electrons. The number of phenols is 1. The third-order valence-corrected chi connectivity index (χ3v) is 6.42. The first-order valence-corrected chi connectivity index (χ1v) is 10.1. The van der Waals surface area contributed by atoms with Crippen LogP contribution in [0.4, 0.5) is 0 Å². The summed E-state index contributed by atoms with van der Waals surface area (Å²) >= 11 is 6.35. The maximum absolute atomic E-state index is 10.5. The summed E-state index contributed by atoms with van der Waals surface area (Å²) in [5, 5.41) is 49.0. The average Bonchev–Trinajstić information content (AvgIpc) is 2.68. The maximum atomic E-state index is 10.5. The molecule has 4 rings (SSSR count). The van der Waals surface area contributed by atoms with Crippen LogP contribution in [0.1, 0.15) is 33.9 Å². The molecule has 1 saturated heterocycles. The zero-order chi connectivity index (χ0) is 21.8. The minimum atomic E-state index is -1.59. The number of aliphatic hydroxyl groups is 4. The van der Waals surface area contributed by atoms with Gasteiger partial charge in [-0.2, -0.15) is 0 Å². The van der Waals surface area contributed by atoms with Gasteiger partial charge >= 0.3 is 0 Å². The molecule has 5 atom stereocenters. The Morgan fingerprint density at radius 1 is 1.00 bits per heavy atom. The SMILES string of the molecule is [B]C([B])(c1ccc2c(c1)CC2)c1cc([C@@H]2O[C@H](CO)[C@@H](O)[C@H](O)[C@H]2O)c(O)cc1Cl. The lowest BCUT2D eigenvalue weighted by atomic mass is 9.47. The van der Waals surface area contributed by atoms with Crippen molar-refractivity contribution in [3.63, 3.8) is 0 Å². The molecule has 2 aliphatic rings. The third kappa shape index (κ3) is 3.45. The van der Waals surface area contributed by atoms with E-state index in [4.69, 9.17) is 32.0 Å². The van der Waals surface area contributed by atoms with E-state index in [1.54, 1.807) is 0 Å². The number of ether oxygens (including phenoxy) is 1. The molecule has 2 aromatic carbocycles. The highest BCUT2D eigenvalue weighted by molar-refractivity contribution is 6.44. The summed E-state index contributed by atoms with van der Waals surface area (Å²) in [5.41, 5.74) is 3.40. The largest absolute Gasteiger partial charge is 0.508 e. The molecule has 1 aliphatic carbocycles. The van der Waals surface area contributed by atoms with Gasteiger partial charge in [-0.15, -0.1) is 0 Å². The zero-order valence-electron chi connectivity index (χ0n) is 16.1. The molecule has 9 heteroatoms. The second-order valence-electron chi connectivity index (χ2n) is 7.99. The van der Waals surface area contributed by atoms with Crippen LogP contribution < -0.4 is 0 Å². The van der Waals surface area contributed by atoms with Gasteiger partial charge < -0.3 is 30.3 Å². The molecule has 1 heterocycles. The van der Waals surface area contributed by atoms with Crippen LogP contribution in [0, 0.1) is 0 Å². The summed E-state index contributed by atoms with van der Waals surface area (Å²) in [7, 11) is 12.9. The summed E-state index contributed by atoms with van der Waals surface area (Å²) in [6.45, 7) is -0.588. The van der Waals surface area contributed by atoms with Crippen LogP contribution in [0.25, 0.3) is 0 Å². The van der Waals surface area contributed by atoms with E-state index in [0.717, 1.165) is 18.4 Å². The van der Waals surface area contributed by atoms with Crippen molar-refractivity contribution in [3.05, 3.63) is 63.2 Å². The van der Waals surface area contributed by atoms with Crippen molar-refractivity contribution in [1.29, 1.82) is 0 Å². The molecule has 5 N–H and O–H groups in total. The van der Waals surface area contributed by atoms with Crippen molar-refractivity contribution in [2.75, 3.05) is 6.61 Å². The molecular formula is C21H21B2ClO6. The fourth-order valence-corrected chi connectivity index (χ4v) is 4.41. The van der Waals surface area contributed by atoms with Crippen LogP contribution in [0.5, 0.6) is 5.75 Å². The molecule has 0 unspecified atom stereocenters. The molecule has 6 nitrogen and oxygen atoms in total. The van der Waals surface area contributed by atoms with Gasteiger partial charge in [-0.05, 0) is 41.7 Å². The molecule has 0 bridgehead atoms. The summed E-state index contributed by atoms with van der Waals surface area (Å²) in [5.74, 6) is -0.305. The predicted molar refractivity (Wildman–Crippen MR) is 112 cm³/mol. The fourth-order valence-electron chi connectivity index (χ4n) is 4.09. The molecule has 0 saturated carbocycles. The van der Waals surface area contributed by atoms with E-state index >= 15 is 0 Å². The lowest BCUT2D eigenvalue weighted by molar-refractivity contribution is -0.232. The zero-order valence-corrected chi connectivity index (χ0v) is 16.8. The van der Waals surface area contributed by atoms with E-state index in [1.165, 1.54) is 17.7 Å². The number of halogens is 1. The Bertz CT molecular complexity index is 967. The number of phenolic OH excluding ortho intramolecular Hbond substituents is 1. The summed E-state index contributed by atoms with van der Waals surface area (Å²) in [4.78, 5) is 0. The first-order chi connectivity index (χ1) is 14.1. The number of benzene rings is 2. The van der Waals surface area contributed by atoms with Crippen LogP contribution in [-0.2, 0) is 22.8 Å². The first kappa shape index (κ1) is 21.7. The van der Waals surface area contributed by atoms with Gasteiger partial charge in [-0.1, -0.05) is 40.6 Å². The highest BCUT2D eigenvalue weighted by Gasteiger charge is 2.45. The Balaban J connectivity index is 1.76. The number of aliphatic hydroxyl groups excluding tert-OH is 4. The van der Waals surface area contributed by atoms with Gasteiger partial charge in [0.15, 0.2) is 0 Å². The number of hydrogen-bond donors (Lipinski definition) is 5. The van der Waals surface area contributed by atoms with E-state index in [9.17, 15) is 25.5 Å². The lowest BCUT2D eigenvalue weighted by Gasteiger charge is -2.41. The van der Waals surface area contributed by atoms with Crippen molar-refractivity contribution in [1.82, 2.24) is 0 Å². The molecule has 1 fully saturated rings. The topological polar surface area (TPSA) is 110 Å². The minimum Gasteiger partial charge on any atom is -0.508 e. The van der Waals surface area contributed by atoms with Gasteiger partial charge in [0, 0.05) is 10.6 Å². The van der Waals surface area contributed by atoms with Crippen LogP contribution in [0.15, 0.2) is 30.3 Å². The van der Waals surface area contributed by atoms with Crippen molar-refractivity contribution >= 4 is 27.3 Å². The van der Waals surface area contributed by atoms with Crippen LogP contribution in [0.2, 0.25) is 5.02 Å². The molecular weight excluding hydrogens is 405 g/mol. The molecule has 154 valence electrons. The van der Waals surface area contributed by atoms with Gasteiger partial charge in [0.1, 0.15) is 36.3 Å². The third-order valence-electron chi connectivity index (χ3n) is 6.11. The Hall–Kier alpha value is -1.54. The molecule has 0 amide bonds. The molecule has 2 aromatic rings. The standard InChI is InChI=1S/C21H21B2ClO6/c22-21(23,11-4-3-9-1-2-10(9)5-11)13-6-12(15(26)7-14(13)24)20-19(29)18(28)17(27)16(8-25)30-20/h3-7,16-20,25-29H,1-2,8H2/t16-,17-,18+,19-,20+/m1/s1. The van der Waals surface area contributed by atoms with E-state index in [0.29, 0.717) is 5.56 Å². The fraction of sp³-hybridized carbons (Fsp3) is 0.429. The van der Waals surface area contributed by atoms with E-state index in [-0.39, 0.29) is 21.9 Å². The van der Waals surface area contributed by atoms with E-state index in [1.807, 2.05) is 18.2 Å². The van der Waals surface area contributed by atoms with Crippen molar-refractivity contribution < 1.29 is 30.3 Å².